The zero-order valence-corrected chi connectivity index (χ0v) is 25.4. The van der Waals surface area contributed by atoms with Gasteiger partial charge in [0, 0.05) is 21.9 Å². The van der Waals surface area contributed by atoms with E-state index in [4.69, 9.17) is 4.42 Å². The van der Waals surface area contributed by atoms with E-state index in [0.717, 1.165) is 27.5 Å². The highest BCUT2D eigenvalue weighted by Gasteiger charge is 2.20. The summed E-state index contributed by atoms with van der Waals surface area (Å²) in [7, 11) is 0. The number of benzene rings is 8. The summed E-state index contributed by atoms with van der Waals surface area (Å²) in [6.07, 6.45) is 0. The molecule has 0 unspecified atom stereocenters. The number of para-hydroxylation sites is 2. The van der Waals surface area contributed by atoms with E-state index >= 15 is 0 Å². The van der Waals surface area contributed by atoms with E-state index in [0.29, 0.717) is 0 Å². The van der Waals surface area contributed by atoms with Crippen LogP contribution < -0.4 is 0 Å². The molecule has 0 amide bonds. The van der Waals surface area contributed by atoms with Crippen LogP contribution in [0.5, 0.6) is 0 Å². The Morgan fingerprint density at radius 1 is 0.356 bits per heavy atom. The van der Waals surface area contributed by atoms with Gasteiger partial charge >= 0.3 is 0 Å². The van der Waals surface area contributed by atoms with Gasteiger partial charge in [-0.25, -0.2) is 0 Å². The lowest BCUT2D eigenvalue weighted by molar-refractivity contribution is 0.670. The van der Waals surface area contributed by atoms with E-state index in [1.54, 1.807) is 0 Å². The Morgan fingerprint density at radius 2 is 0.889 bits per heavy atom. The van der Waals surface area contributed by atoms with E-state index in [1.165, 1.54) is 60.1 Å². The van der Waals surface area contributed by atoms with Gasteiger partial charge in [0.2, 0.25) is 0 Å². The molecule has 0 radical (unpaired) electrons. The minimum atomic E-state index is 0.917. The third-order valence-corrected chi connectivity index (χ3v) is 8.84. The third kappa shape index (κ3) is 4.39. The summed E-state index contributed by atoms with van der Waals surface area (Å²) >= 11 is 0. The first-order valence-corrected chi connectivity index (χ1v) is 15.8. The highest BCUT2D eigenvalue weighted by atomic mass is 16.3. The van der Waals surface area contributed by atoms with E-state index in [1.807, 2.05) is 19.9 Å². The molecule has 214 valence electrons. The van der Waals surface area contributed by atoms with Gasteiger partial charge in [0.15, 0.2) is 0 Å². The molecule has 0 saturated heterocycles. The van der Waals surface area contributed by atoms with Gasteiger partial charge in [0.05, 0.1) is 0 Å². The molecule has 0 aliphatic rings. The largest absolute Gasteiger partial charge is 0.455 e. The number of furan rings is 1. The second-order valence-corrected chi connectivity index (χ2v) is 11.3. The van der Waals surface area contributed by atoms with Gasteiger partial charge in [-0.15, -0.1) is 0 Å². The molecular formula is C44H32O. The zero-order valence-electron chi connectivity index (χ0n) is 25.4. The van der Waals surface area contributed by atoms with Crippen molar-refractivity contribution in [2.45, 2.75) is 13.8 Å². The average Bonchev–Trinajstić information content (AvgIpc) is 3.50. The maximum absolute atomic E-state index is 6.55. The molecule has 1 nitrogen and oxygen atoms in total. The molecule has 0 N–H and O–H groups in total. The van der Waals surface area contributed by atoms with Crippen LogP contribution in [0.4, 0.5) is 0 Å². The Kier molecular flexibility index (Phi) is 6.65. The lowest BCUT2D eigenvalue weighted by Gasteiger charge is -2.18. The van der Waals surface area contributed by atoms with E-state index in [9.17, 15) is 0 Å². The van der Waals surface area contributed by atoms with Crippen LogP contribution in [0.15, 0.2) is 162 Å². The molecule has 0 atom stereocenters. The standard InChI is InChI=1S/C42H26O.C2H6/c1-2-12-28-25-30(24-23-27(28)11-1)29-13-9-14-31(26-29)40-33-16-3-5-18-35(33)41(36-19-6-4-17-34(36)40)38-21-10-20-37-32-15-7-8-22-39(32)43-42(37)38;1-2/h1-26H;1-2H3. The van der Waals surface area contributed by atoms with Crippen LogP contribution in [-0.2, 0) is 0 Å². The molecule has 0 aliphatic heterocycles. The Balaban J connectivity index is 0.00000147. The van der Waals surface area contributed by atoms with Crippen LogP contribution in [0.1, 0.15) is 13.8 Å². The summed E-state index contributed by atoms with van der Waals surface area (Å²) in [5.41, 5.74) is 9.10. The Morgan fingerprint density at radius 3 is 1.62 bits per heavy atom. The van der Waals surface area contributed by atoms with Gasteiger partial charge in [-0.2, -0.15) is 0 Å². The fourth-order valence-corrected chi connectivity index (χ4v) is 6.90. The van der Waals surface area contributed by atoms with Crippen molar-refractivity contribution < 1.29 is 4.42 Å². The van der Waals surface area contributed by atoms with Crippen molar-refractivity contribution in [1.29, 1.82) is 0 Å². The zero-order chi connectivity index (χ0) is 30.3. The summed E-state index contributed by atoms with van der Waals surface area (Å²) < 4.78 is 6.55. The molecule has 0 aliphatic carbocycles. The summed E-state index contributed by atoms with van der Waals surface area (Å²) in [5.74, 6) is 0. The van der Waals surface area contributed by atoms with Gasteiger partial charge in [-0.3, -0.25) is 0 Å². The van der Waals surface area contributed by atoms with Crippen LogP contribution in [-0.4, -0.2) is 0 Å². The van der Waals surface area contributed by atoms with Crippen LogP contribution in [0.3, 0.4) is 0 Å². The van der Waals surface area contributed by atoms with Crippen molar-refractivity contribution >= 4 is 54.3 Å². The van der Waals surface area contributed by atoms with Crippen LogP contribution in [0, 0.1) is 0 Å². The van der Waals surface area contributed by atoms with Crippen molar-refractivity contribution in [3.05, 3.63) is 158 Å². The molecule has 0 fully saturated rings. The molecule has 1 heterocycles. The van der Waals surface area contributed by atoms with Crippen LogP contribution in [0.2, 0.25) is 0 Å². The molecule has 0 spiro atoms. The first kappa shape index (κ1) is 26.9. The maximum Gasteiger partial charge on any atom is 0.143 e. The maximum atomic E-state index is 6.55. The quantitative estimate of drug-likeness (QED) is 0.191. The minimum Gasteiger partial charge on any atom is -0.455 e. The molecule has 9 rings (SSSR count). The summed E-state index contributed by atoms with van der Waals surface area (Å²) in [6.45, 7) is 4.00. The highest BCUT2D eigenvalue weighted by molar-refractivity contribution is 6.24. The summed E-state index contributed by atoms with van der Waals surface area (Å²) in [5, 5.41) is 9.73. The second kappa shape index (κ2) is 11.1. The van der Waals surface area contributed by atoms with Gasteiger partial charge in [-0.1, -0.05) is 153 Å². The SMILES string of the molecule is CC.c1cc(-c2ccc3ccccc3c2)cc(-c2c3ccccc3c(-c3cccc4c3oc3ccccc34)c3ccccc23)c1. The van der Waals surface area contributed by atoms with Gasteiger partial charge in [-0.05, 0) is 72.8 Å². The number of hydrogen-bond acceptors (Lipinski definition) is 1. The molecule has 8 aromatic carbocycles. The van der Waals surface area contributed by atoms with Crippen molar-refractivity contribution in [1.82, 2.24) is 0 Å². The van der Waals surface area contributed by atoms with Crippen LogP contribution in [0.25, 0.3) is 87.6 Å². The van der Waals surface area contributed by atoms with E-state index in [-0.39, 0.29) is 0 Å². The van der Waals surface area contributed by atoms with E-state index in [2.05, 4.69) is 152 Å². The third-order valence-electron chi connectivity index (χ3n) is 8.84. The summed E-state index contributed by atoms with van der Waals surface area (Å²) in [6, 6.07) is 56.8. The second-order valence-electron chi connectivity index (χ2n) is 11.3. The molecule has 9 aromatic rings. The Bertz CT molecular complexity index is 2460. The summed E-state index contributed by atoms with van der Waals surface area (Å²) in [4.78, 5) is 0. The van der Waals surface area contributed by atoms with Gasteiger partial charge in [0.25, 0.3) is 0 Å². The van der Waals surface area contributed by atoms with Gasteiger partial charge in [0.1, 0.15) is 11.2 Å². The normalized spacial score (nSPS) is 11.3. The first-order valence-electron chi connectivity index (χ1n) is 15.8. The molecule has 0 saturated carbocycles. The first-order chi connectivity index (χ1) is 22.3. The van der Waals surface area contributed by atoms with Crippen LogP contribution >= 0.6 is 0 Å². The number of fused-ring (bicyclic) bond motifs is 6. The van der Waals surface area contributed by atoms with Crippen molar-refractivity contribution in [2.24, 2.45) is 0 Å². The fraction of sp³-hybridized carbons (Fsp3) is 0.0455. The molecular weight excluding hydrogens is 544 g/mol. The number of hydrogen-bond donors (Lipinski definition) is 0. The predicted octanol–water partition coefficient (Wildman–Crippen LogP) is 13.1. The monoisotopic (exact) mass is 576 g/mol. The minimum absolute atomic E-state index is 0.917. The molecule has 45 heavy (non-hydrogen) atoms. The lowest BCUT2D eigenvalue weighted by Crippen LogP contribution is -1.91. The molecule has 0 bridgehead atoms. The van der Waals surface area contributed by atoms with Crippen molar-refractivity contribution in [3.8, 4) is 33.4 Å². The van der Waals surface area contributed by atoms with Gasteiger partial charge < -0.3 is 4.42 Å². The molecule has 1 aromatic heterocycles. The Hall–Kier alpha value is -5.66. The Labute approximate surface area is 263 Å². The van der Waals surface area contributed by atoms with E-state index < -0.39 is 0 Å². The number of rotatable bonds is 3. The fourth-order valence-electron chi connectivity index (χ4n) is 6.90. The predicted molar refractivity (Wildman–Crippen MR) is 194 cm³/mol. The van der Waals surface area contributed by atoms with Crippen molar-refractivity contribution in [2.75, 3.05) is 0 Å². The smallest absolute Gasteiger partial charge is 0.143 e. The lowest BCUT2D eigenvalue weighted by atomic mass is 9.85. The van der Waals surface area contributed by atoms with Crippen molar-refractivity contribution in [3.63, 3.8) is 0 Å². The average molecular weight is 577 g/mol. The highest BCUT2D eigenvalue weighted by Crippen LogP contribution is 2.46. The molecule has 1 heteroatoms. The topological polar surface area (TPSA) is 13.1 Å².